The molecule has 0 aromatic carbocycles. The minimum absolute atomic E-state index is 0.209. The van der Waals surface area contributed by atoms with Gasteiger partial charge >= 0.3 is 0 Å². The number of nitrogens with zero attached hydrogens (tertiary/aromatic N) is 2. The van der Waals surface area contributed by atoms with Gasteiger partial charge in [-0.25, -0.2) is 27.9 Å². The van der Waals surface area contributed by atoms with Gasteiger partial charge in [-0.1, -0.05) is 0 Å². The third kappa shape index (κ3) is 3.80. The topological polar surface area (TPSA) is 85.9 Å². The maximum Gasteiger partial charge on any atom is 0.212 e. The Labute approximate surface area is 95.1 Å². The molecule has 0 aliphatic rings. The van der Waals surface area contributed by atoms with Gasteiger partial charge < -0.3 is 0 Å². The second-order valence-corrected chi connectivity index (χ2v) is 5.76. The van der Waals surface area contributed by atoms with Gasteiger partial charge in [0, 0.05) is 12.4 Å². The molecule has 15 heavy (non-hydrogen) atoms. The summed E-state index contributed by atoms with van der Waals surface area (Å²) in [6, 6.07) is 0. The van der Waals surface area contributed by atoms with Gasteiger partial charge in [-0.2, -0.15) is 0 Å². The van der Waals surface area contributed by atoms with Gasteiger partial charge in [0.1, 0.15) is 5.75 Å². The van der Waals surface area contributed by atoms with Crippen LogP contribution in [0.1, 0.15) is 12.7 Å². The lowest BCUT2D eigenvalue weighted by Gasteiger charge is -2.16. The second kappa shape index (κ2) is 4.11. The van der Waals surface area contributed by atoms with Gasteiger partial charge in [-0.3, -0.25) is 0 Å². The predicted octanol–water partition coefficient (Wildman–Crippen LogP) is 0.712. The highest BCUT2D eigenvalue weighted by atomic mass is 79.9. The number of hydrogen-bond donors (Lipinski definition) is 1. The minimum atomic E-state index is -3.91. The lowest BCUT2D eigenvalue weighted by Crippen LogP contribution is -2.32. The van der Waals surface area contributed by atoms with E-state index in [1.54, 1.807) is 0 Å². The average Bonchev–Trinajstić information content (AvgIpc) is 2.00. The van der Waals surface area contributed by atoms with Gasteiger partial charge in [-0.15, -0.1) is 0 Å². The maximum atomic E-state index is 13.9. The van der Waals surface area contributed by atoms with Crippen molar-refractivity contribution in [3.63, 3.8) is 0 Å². The van der Waals surface area contributed by atoms with Gasteiger partial charge in [-0.05, 0) is 22.9 Å². The molecule has 0 fully saturated rings. The van der Waals surface area contributed by atoms with Crippen LogP contribution >= 0.6 is 15.9 Å². The van der Waals surface area contributed by atoms with Crippen LogP contribution in [0.5, 0.6) is 0 Å². The van der Waals surface area contributed by atoms with E-state index in [4.69, 9.17) is 5.14 Å². The van der Waals surface area contributed by atoms with Gasteiger partial charge in [0.25, 0.3) is 0 Å². The smallest absolute Gasteiger partial charge is 0.212 e. The Morgan fingerprint density at radius 1 is 1.53 bits per heavy atom. The van der Waals surface area contributed by atoms with E-state index in [1.807, 2.05) is 0 Å². The van der Waals surface area contributed by atoms with E-state index >= 15 is 0 Å². The van der Waals surface area contributed by atoms with Crippen LogP contribution in [0.4, 0.5) is 4.39 Å². The van der Waals surface area contributed by atoms with E-state index in [9.17, 15) is 12.8 Å². The summed E-state index contributed by atoms with van der Waals surface area (Å²) < 4.78 is 36.0. The van der Waals surface area contributed by atoms with Crippen LogP contribution in [-0.2, 0) is 15.7 Å². The number of aromatic nitrogens is 2. The molecule has 5 nitrogen and oxygen atoms in total. The summed E-state index contributed by atoms with van der Waals surface area (Å²) in [5, 5.41) is 4.76. The van der Waals surface area contributed by atoms with Crippen molar-refractivity contribution in [2.24, 2.45) is 5.14 Å². The van der Waals surface area contributed by atoms with Gasteiger partial charge in [0.15, 0.2) is 11.5 Å². The third-order valence-corrected chi connectivity index (χ3v) is 2.91. The molecule has 84 valence electrons. The first-order valence-corrected chi connectivity index (χ1v) is 6.39. The average molecular weight is 298 g/mol. The normalized spacial score (nSPS) is 16.0. The van der Waals surface area contributed by atoms with E-state index in [2.05, 4.69) is 25.9 Å². The summed E-state index contributed by atoms with van der Waals surface area (Å²) in [5.74, 6) is -1.05. The molecule has 0 unspecified atom stereocenters. The lowest BCUT2D eigenvalue weighted by molar-refractivity contribution is 0.209. The summed E-state index contributed by atoms with van der Waals surface area (Å²) >= 11 is 3.08. The number of alkyl halides is 1. The second-order valence-electron chi connectivity index (χ2n) is 3.23. The van der Waals surface area contributed by atoms with Crippen LogP contribution in [0, 0.1) is 0 Å². The molecule has 1 aromatic heterocycles. The van der Waals surface area contributed by atoms with Crippen LogP contribution in [0.25, 0.3) is 0 Å². The highest BCUT2D eigenvalue weighted by molar-refractivity contribution is 9.10. The van der Waals surface area contributed by atoms with Crippen LogP contribution in [0.3, 0.4) is 0 Å². The highest BCUT2D eigenvalue weighted by Gasteiger charge is 2.33. The zero-order valence-corrected chi connectivity index (χ0v) is 10.2. The van der Waals surface area contributed by atoms with E-state index in [0.717, 1.165) is 6.92 Å². The quantitative estimate of drug-likeness (QED) is 0.890. The Morgan fingerprint density at radius 2 is 2.00 bits per heavy atom. The van der Waals surface area contributed by atoms with E-state index < -0.39 is 21.4 Å². The Hall–Kier alpha value is -0.600. The molecule has 0 aliphatic carbocycles. The molecule has 1 atom stereocenters. The van der Waals surface area contributed by atoms with E-state index in [0.29, 0.717) is 4.47 Å². The van der Waals surface area contributed by atoms with Crippen LogP contribution in [-0.4, -0.2) is 24.1 Å². The zero-order chi connectivity index (χ0) is 11.7. The molecule has 0 aliphatic heterocycles. The summed E-state index contributed by atoms with van der Waals surface area (Å²) in [4.78, 5) is 7.36. The molecular formula is C7H9BrFN3O2S. The van der Waals surface area contributed by atoms with Crippen molar-refractivity contribution in [2.75, 3.05) is 5.75 Å². The molecule has 0 radical (unpaired) electrons. The summed E-state index contributed by atoms with van der Waals surface area (Å²) in [5.41, 5.74) is -2.19. The number of rotatable bonds is 3. The standard InChI is InChI=1S/C7H9BrFN3O2S/c1-7(9,4-15(10,13)14)6-11-2-5(8)3-12-6/h2-3H,4H2,1H3,(H2,10,13,14)/t7-/m0/s1. The van der Waals surface area contributed by atoms with Crippen molar-refractivity contribution in [2.45, 2.75) is 12.6 Å². The first kappa shape index (κ1) is 12.5. The summed E-state index contributed by atoms with van der Waals surface area (Å²) in [6.07, 6.45) is 2.67. The first-order chi connectivity index (χ1) is 6.71. The molecule has 0 saturated heterocycles. The molecule has 1 rings (SSSR count). The fourth-order valence-corrected chi connectivity index (χ4v) is 2.11. The van der Waals surface area contributed by atoms with Crippen LogP contribution in [0.15, 0.2) is 16.9 Å². The van der Waals surface area contributed by atoms with Crippen molar-refractivity contribution >= 4 is 26.0 Å². The molecule has 0 saturated carbocycles. The highest BCUT2D eigenvalue weighted by Crippen LogP contribution is 2.23. The third-order valence-electron chi connectivity index (χ3n) is 1.56. The van der Waals surface area contributed by atoms with Gasteiger partial charge in [0.05, 0.1) is 4.47 Å². The Kier molecular flexibility index (Phi) is 3.41. The Balaban J connectivity index is 3.00. The van der Waals surface area contributed by atoms with Crippen molar-refractivity contribution in [1.29, 1.82) is 0 Å². The fraction of sp³-hybridized carbons (Fsp3) is 0.429. The Morgan fingerprint density at radius 3 is 2.40 bits per heavy atom. The van der Waals surface area contributed by atoms with E-state index in [-0.39, 0.29) is 5.82 Å². The maximum absolute atomic E-state index is 13.9. The van der Waals surface area contributed by atoms with Crippen molar-refractivity contribution in [1.82, 2.24) is 9.97 Å². The fourth-order valence-electron chi connectivity index (χ4n) is 1.02. The van der Waals surface area contributed by atoms with Crippen molar-refractivity contribution in [3.05, 3.63) is 22.7 Å². The molecule has 1 aromatic rings. The first-order valence-electron chi connectivity index (χ1n) is 3.88. The van der Waals surface area contributed by atoms with E-state index in [1.165, 1.54) is 12.4 Å². The molecular weight excluding hydrogens is 289 g/mol. The van der Waals surface area contributed by atoms with Crippen molar-refractivity contribution in [3.8, 4) is 0 Å². The molecule has 2 N–H and O–H groups in total. The number of primary sulfonamides is 1. The predicted molar refractivity (Wildman–Crippen MR) is 56.2 cm³/mol. The Bertz CT molecular complexity index is 446. The minimum Gasteiger partial charge on any atom is -0.237 e. The largest absolute Gasteiger partial charge is 0.237 e. The monoisotopic (exact) mass is 297 g/mol. The molecule has 8 heteroatoms. The molecule has 0 spiro atoms. The van der Waals surface area contributed by atoms with Gasteiger partial charge in [0.2, 0.25) is 10.0 Å². The number of nitrogens with two attached hydrogens (primary N) is 1. The van der Waals surface area contributed by atoms with Crippen molar-refractivity contribution < 1.29 is 12.8 Å². The zero-order valence-electron chi connectivity index (χ0n) is 7.81. The number of halogens is 2. The summed E-state index contributed by atoms with van der Waals surface area (Å²) in [7, 11) is -3.91. The SMILES string of the molecule is C[C@](F)(CS(N)(=O)=O)c1ncc(Br)cn1. The van der Waals surface area contributed by atoms with Crippen LogP contribution < -0.4 is 5.14 Å². The lowest BCUT2D eigenvalue weighted by atomic mass is 10.1. The van der Waals surface area contributed by atoms with Crippen LogP contribution in [0.2, 0.25) is 0 Å². The molecule has 0 bridgehead atoms. The molecule has 1 heterocycles. The molecule has 0 amide bonds. The number of hydrogen-bond acceptors (Lipinski definition) is 4. The summed E-state index contributed by atoms with van der Waals surface area (Å²) in [6.45, 7) is 1.07. The number of sulfonamides is 1.